The maximum Gasteiger partial charge on any atom is 0.338 e. The highest BCUT2D eigenvalue weighted by atomic mass is 16.5. The summed E-state index contributed by atoms with van der Waals surface area (Å²) in [5.74, 6) is -1.76. The van der Waals surface area contributed by atoms with E-state index in [2.05, 4.69) is 10.6 Å². The van der Waals surface area contributed by atoms with Crippen molar-refractivity contribution in [1.29, 1.82) is 0 Å². The van der Waals surface area contributed by atoms with E-state index in [9.17, 15) is 19.5 Å². The second-order valence-electron chi connectivity index (χ2n) is 6.83. The van der Waals surface area contributed by atoms with Gasteiger partial charge in [0.2, 0.25) is 0 Å². The van der Waals surface area contributed by atoms with Gasteiger partial charge < -0.3 is 20.5 Å². The van der Waals surface area contributed by atoms with Crippen LogP contribution in [0.15, 0.2) is 78.9 Å². The Bertz CT molecular complexity index is 1080. The number of hydrogen-bond donors (Lipinski definition) is 3. The molecule has 3 rings (SSSR count). The molecule has 7 heteroatoms. The smallest absolute Gasteiger partial charge is 0.338 e. The number of esters is 1. The van der Waals surface area contributed by atoms with Crippen molar-refractivity contribution >= 4 is 23.5 Å². The monoisotopic (exact) mass is 418 g/mol. The number of ether oxygens (including phenoxy) is 1. The number of phenolic OH excluding ortho intramolecular Hbond substituents is 1. The maximum absolute atomic E-state index is 12.7. The molecule has 0 unspecified atom stereocenters. The lowest BCUT2D eigenvalue weighted by molar-refractivity contribution is -0.119. The molecule has 7 nitrogen and oxygen atoms in total. The molecule has 3 N–H and O–H groups in total. The van der Waals surface area contributed by atoms with Crippen LogP contribution in [0.1, 0.15) is 39.2 Å². The summed E-state index contributed by atoms with van der Waals surface area (Å²) < 4.78 is 4.98. The third kappa shape index (κ3) is 5.93. The van der Waals surface area contributed by atoms with Gasteiger partial charge in [-0.1, -0.05) is 48.5 Å². The Morgan fingerprint density at radius 1 is 0.935 bits per heavy atom. The van der Waals surface area contributed by atoms with E-state index in [-0.39, 0.29) is 28.8 Å². The van der Waals surface area contributed by atoms with E-state index in [4.69, 9.17) is 4.74 Å². The minimum atomic E-state index is -0.742. The van der Waals surface area contributed by atoms with Crippen molar-refractivity contribution < 1.29 is 24.2 Å². The van der Waals surface area contributed by atoms with Gasteiger partial charge in [0.1, 0.15) is 5.75 Å². The molecule has 0 bridgehead atoms. The highest BCUT2D eigenvalue weighted by molar-refractivity contribution is 6.04. The van der Waals surface area contributed by atoms with Crippen LogP contribution in [0.3, 0.4) is 0 Å². The van der Waals surface area contributed by atoms with E-state index >= 15 is 0 Å². The predicted octanol–water partition coefficient (Wildman–Crippen LogP) is 3.68. The molecule has 3 aromatic carbocycles. The largest absolute Gasteiger partial charge is 0.508 e. The number of carbonyl (C=O) groups excluding carboxylic acids is 3. The van der Waals surface area contributed by atoms with Crippen molar-refractivity contribution in [2.24, 2.45) is 0 Å². The highest BCUT2D eigenvalue weighted by Gasteiger charge is 2.17. The third-order valence-corrected chi connectivity index (χ3v) is 4.51. The molecule has 0 fully saturated rings. The summed E-state index contributed by atoms with van der Waals surface area (Å²) in [7, 11) is 0. The minimum Gasteiger partial charge on any atom is -0.508 e. The maximum atomic E-state index is 12.7. The summed E-state index contributed by atoms with van der Waals surface area (Å²) >= 11 is 0. The van der Waals surface area contributed by atoms with Crippen molar-refractivity contribution in [3.05, 3.63) is 95.6 Å². The van der Waals surface area contributed by atoms with Crippen molar-refractivity contribution in [2.45, 2.75) is 13.0 Å². The number of carbonyl (C=O) groups is 3. The van der Waals surface area contributed by atoms with Gasteiger partial charge in [-0.2, -0.15) is 0 Å². The van der Waals surface area contributed by atoms with Crippen LogP contribution in [0.2, 0.25) is 0 Å². The van der Waals surface area contributed by atoms with Gasteiger partial charge >= 0.3 is 5.97 Å². The predicted molar refractivity (Wildman–Crippen MR) is 116 cm³/mol. The number of rotatable bonds is 7. The number of aromatic hydroxyl groups is 1. The summed E-state index contributed by atoms with van der Waals surface area (Å²) in [6.07, 6.45) is 0. The lowest BCUT2D eigenvalue weighted by Gasteiger charge is -2.16. The molecule has 0 aliphatic carbocycles. The molecule has 0 radical (unpaired) electrons. The van der Waals surface area contributed by atoms with E-state index in [1.165, 1.54) is 24.3 Å². The van der Waals surface area contributed by atoms with Gasteiger partial charge in [0, 0.05) is 0 Å². The zero-order valence-corrected chi connectivity index (χ0v) is 16.9. The van der Waals surface area contributed by atoms with E-state index in [1.807, 2.05) is 37.3 Å². The Morgan fingerprint density at radius 2 is 1.65 bits per heavy atom. The van der Waals surface area contributed by atoms with Gasteiger partial charge in [-0.3, -0.25) is 9.59 Å². The van der Waals surface area contributed by atoms with Crippen molar-refractivity contribution in [3.8, 4) is 5.75 Å². The number of phenols is 1. The van der Waals surface area contributed by atoms with Crippen LogP contribution < -0.4 is 10.6 Å². The Balaban J connectivity index is 1.61. The number of hydrogen-bond acceptors (Lipinski definition) is 5. The fraction of sp³-hybridized carbons (Fsp3) is 0.125. The number of benzene rings is 3. The molecular weight excluding hydrogens is 396 g/mol. The molecule has 0 heterocycles. The molecule has 3 aromatic rings. The summed E-state index contributed by atoms with van der Waals surface area (Å²) in [5.41, 5.74) is 1.68. The van der Waals surface area contributed by atoms with Gasteiger partial charge in [-0.15, -0.1) is 0 Å². The van der Waals surface area contributed by atoms with E-state index in [0.29, 0.717) is 5.69 Å². The van der Waals surface area contributed by atoms with Gasteiger partial charge in [0.25, 0.3) is 11.8 Å². The zero-order valence-electron chi connectivity index (χ0n) is 16.9. The quantitative estimate of drug-likeness (QED) is 0.508. The zero-order chi connectivity index (χ0) is 22.2. The van der Waals surface area contributed by atoms with Crippen LogP contribution >= 0.6 is 0 Å². The Hall–Kier alpha value is -4.13. The molecule has 158 valence electrons. The van der Waals surface area contributed by atoms with Crippen molar-refractivity contribution in [3.63, 3.8) is 0 Å². The van der Waals surface area contributed by atoms with Crippen LogP contribution in [0.5, 0.6) is 5.75 Å². The summed E-state index contributed by atoms with van der Waals surface area (Å²) in [6, 6.07) is 21.5. The molecule has 2 amide bonds. The topological polar surface area (TPSA) is 105 Å². The molecule has 31 heavy (non-hydrogen) atoms. The first-order valence-corrected chi connectivity index (χ1v) is 9.65. The second kappa shape index (κ2) is 10.1. The van der Waals surface area contributed by atoms with Gasteiger partial charge in [0.15, 0.2) is 6.61 Å². The number of nitrogens with one attached hydrogen (secondary N) is 2. The van der Waals surface area contributed by atoms with Crippen LogP contribution in [-0.2, 0) is 9.53 Å². The summed E-state index contributed by atoms with van der Waals surface area (Å²) in [6.45, 7) is 1.33. The molecule has 0 aliphatic heterocycles. The summed E-state index contributed by atoms with van der Waals surface area (Å²) in [5, 5.41) is 14.9. The van der Waals surface area contributed by atoms with E-state index in [0.717, 1.165) is 5.56 Å². The average Bonchev–Trinajstić information content (AvgIpc) is 2.78. The van der Waals surface area contributed by atoms with Crippen LogP contribution in [-0.4, -0.2) is 29.5 Å². The van der Waals surface area contributed by atoms with E-state index < -0.39 is 18.5 Å². The third-order valence-electron chi connectivity index (χ3n) is 4.51. The SMILES string of the molecule is C[C@H](NC(=O)c1ccccc1NC(=O)COC(=O)c1cccc(O)c1)c1ccccc1. The van der Waals surface area contributed by atoms with Crippen LogP contribution in [0.25, 0.3) is 0 Å². The molecule has 0 saturated heterocycles. The first kappa shape index (κ1) is 21.6. The second-order valence-corrected chi connectivity index (χ2v) is 6.83. The minimum absolute atomic E-state index is 0.0800. The van der Waals surface area contributed by atoms with Crippen molar-refractivity contribution in [1.82, 2.24) is 5.32 Å². The van der Waals surface area contributed by atoms with Gasteiger partial charge in [0.05, 0.1) is 22.9 Å². The average molecular weight is 418 g/mol. The van der Waals surface area contributed by atoms with Gasteiger partial charge in [-0.25, -0.2) is 4.79 Å². The Labute approximate surface area is 179 Å². The fourth-order valence-corrected chi connectivity index (χ4v) is 2.92. The van der Waals surface area contributed by atoms with Crippen molar-refractivity contribution in [2.75, 3.05) is 11.9 Å². The molecule has 0 spiro atoms. The number of amides is 2. The fourth-order valence-electron chi connectivity index (χ4n) is 2.92. The Morgan fingerprint density at radius 3 is 2.39 bits per heavy atom. The number of para-hydroxylation sites is 1. The first-order valence-electron chi connectivity index (χ1n) is 9.65. The molecule has 0 saturated carbocycles. The van der Waals surface area contributed by atoms with Gasteiger partial charge in [-0.05, 0) is 42.8 Å². The Kier molecular flexibility index (Phi) is 7.01. The lowest BCUT2D eigenvalue weighted by Crippen LogP contribution is -2.28. The molecule has 0 aromatic heterocycles. The lowest BCUT2D eigenvalue weighted by atomic mass is 10.1. The van der Waals surface area contributed by atoms with Crippen LogP contribution in [0.4, 0.5) is 5.69 Å². The molecule has 1 atom stereocenters. The first-order chi connectivity index (χ1) is 14.9. The molecule has 0 aliphatic rings. The standard InChI is InChI=1S/C24H22N2O5/c1-16(17-8-3-2-4-9-17)25-23(29)20-12-5-6-13-21(20)26-22(28)15-31-24(30)18-10-7-11-19(27)14-18/h2-14,16,27H,15H2,1H3,(H,25,29)(H,26,28)/t16-/m0/s1. The van der Waals surface area contributed by atoms with E-state index in [1.54, 1.807) is 24.3 Å². The highest BCUT2D eigenvalue weighted by Crippen LogP contribution is 2.18. The summed E-state index contributed by atoms with van der Waals surface area (Å²) in [4.78, 5) is 37.0. The normalized spacial score (nSPS) is 11.3. The number of anilines is 1. The van der Waals surface area contributed by atoms with Crippen LogP contribution in [0, 0.1) is 0 Å². The molecular formula is C24H22N2O5.